The first-order valence-electron chi connectivity index (χ1n) is 10.4. The van der Waals surface area contributed by atoms with Crippen molar-refractivity contribution in [2.45, 2.75) is 51.5 Å². The Balaban J connectivity index is 2.10. The lowest BCUT2D eigenvalue weighted by Crippen LogP contribution is -2.33. The van der Waals surface area contributed by atoms with Crippen LogP contribution in [-0.2, 0) is 19.1 Å². The standard InChI is InChI=1S/C23H28ClNO5/c1-4-29-22(26)17-13-25(16-8-6-7-9-16)14-18(23(27)30-5-2)21(17)15-10-11-20(28-3)19(24)12-15/h10-14,16,21H,4-9H2,1-3H3. The first-order valence-corrected chi connectivity index (χ1v) is 10.8. The minimum Gasteiger partial charge on any atom is -0.495 e. The van der Waals surface area contributed by atoms with Gasteiger partial charge in [0.2, 0.25) is 0 Å². The number of nitrogens with zero attached hydrogens (tertiary/aromatic N) is 1. The highest BCUT2D eigenvalue weighted by molar-refractivity contribution is 6.32. The smallest absolute Gasteiger partial charge is 0.336 e. The van der Waals surface area contributed by atoms with Crippen LogP contribution in [0.3, 0.4) is 0 Å². The molecule has 0 spiro atoms. The summed E-state index contributed by atoms with van der Waals surface area (Å²) in [5.74, 6) is -1.02. The van der Waals surface area contributed by atoms with Crippen molar-refractivity contribution in [2.24, 2.45) is 0 Å². The Hall–Kier alpha value is -2.47. The number of methoxy groups -OCH3 is 1. The average molecular weight is 434 g/mol. The maximum absolute atomic E-state index is 12.9. The zero-order chi connectivity index (χ0) is 21.7. The molecule has 0 N–H and O–H groups in total. The molecule has 1 saturated carbocycles. The second-order valence-corrected chi connectivity index (χ2v) is 7.73. The van der Waals surface area contributed by atoms with Crippen LogP contribution in [0, 0.1) is 0 Å². The van der Waals surface area contributed by atoms with Crippen molar-refractivity contribution in [3.63, 3.8) is 0 Å². The summed E-state index contributed by atoms with van der Waals surface area (Å²) in [5.41, 5.74) is 1.50. The third kappa shape index (κ3) is 4.64. The van der Waals surface area contributed by atoms with Gasteiger partial charge in [0, 0.05) is 18.4 Å². The summed E-state index contributed by atoms with van der Waals surface area (Å²) in [6.07, 6.45) is 7.92. The van der Waals surface area contributed by atoms with Crippen LogP contribution in [0.2, 0.25) is 5.02 Å². The van der Waals surface area contributed by atoms with Crippen molar-refractivity contribution in [2.75, 3.05) is 20.3 Å². The van der Waals surface area contributed by atoms with Crippen molar-refractivity contribution in [1.82, 2.24) is 4.90 Å². The summed E-state index contributed by atoms with van der Waals surface area (Å²) < 4.78 is 15.9. The first kappa shape index (κ1) is 22.2. The summed E-state index contributed by atoms with van der Waals surface area (Å²) >= 11 is 6.35. The van der Waals surface area contributed by atoms with E-state index in [-0.39, 0.29) is 19.3 Å². The fourth-order valence-corrected chi connectivity index (χ4v) is 4.35. The lowest BCUT2D eigenvalue weighted by molar-refractivity contribution is -0.139. The predicted octanol–water partition coefficient (Wildman–Crippen LogP) is 4.58. The average Bonchev–Trinajstić information content (AvgIpc) is 3.28. The van der Waals surface area contributed by atoms with Crippen LogP contribution in [0.1, 0.15) is 51.0 Å². The molecule has 7 heteroatoms. The highest BCUT2D eigenvalue weighted by atomic mass is 35.5. The Morgan fingerprint density at radius 1 is 1.03 bits per heavy atom. The molecule has 6 nitrogen and oxygen atoms in total. The van der Waals surface area contributed by atoms with E-state index in [9.17, 15) is 9.59 Å². The van der Waals surface area contributed by atoms with Gasteiger partial charge < -0.3 is 19.1 Å². The monoisotopic (exact) mass is 433 g/mol. The zero-order valence-corrected chi connectivity index (χ0v) is 18.4. The summed E-state index contributed by atoms with van der Waals surface area (Å²) in [6.45, 7) is 4.01. The van der Waals surface area contributed by atoms with Crippen LogP contribution in [0.4, 0.5) is 0 Å². The number of hydrogen-bond acceptors (Lipinski definition) is 6. The van der Waals surface area contributed by atoms with E-state index < -0.39 is 17.9 Å². The Bertz CT molecular complexity index is 821. The Kier molecular flexibility index (Phi) is 7.43. The molecule has 0 bridgehead atoms. The summed E-state index contributed by atoms with van der Waals surface area (Å²) in [5, 5.41) is 0.402. The largest absolute Gasteiger partial charge is 0.495 e. The van der Waals surface area contributed by atoms with Gasteiger partial charge in [-0.3, -0.25) is 0 Å². The number of carbonyl (C=O) groups is 2. The number of carbonyl (C=O) groups excluding carboxylic acids is 2. The minimum absolute atomic E-state index is 0.244. The molecule has 1 aromatic carbocycles. The van der Waals surface area contributed by atoms with Gasteiger partial charge in [0.25, 0.3) is 0 Å². The number of hydrogen-bond donors (Lipinski definition) is 0. The maximum atomic E-state index is 12.9. The van der Waals surface area contributed by atoms with E-state index in [2.05, 4.69) is 0 Å². The van der Waals surface area contributed by atoms with Crippen LogP contribution >= 0.6 is 11.6 Å². The van der Waals surface area contributed by atoms with Crippen molar-refractivity contribution in [3.8, 4) is 5.75 Å². The first-order chi connectivity index (χ1) is 14.5. The van der Waals surface area contributed by atoms with Gasteiger partial charge in [-0.25, -0.2) is 9.59 Å². The van der Waals surface area contributed by atoms with Crippen molar-refractivity contribution in [1.29, 1.82) is 0 Å². The second kappa shape index (κ2) is 10.0. The molecule has 0 atom stereocenters. The van der Waals surface area contributed by atoms with Gasteiger partial charge in [0.1, 0.15) is 5.75 Å². The van der Waals surface area contributed by atoms with Crippen LogP contribution in [0.5, 0.6) is 5.75 Å². The molecule has 162 valence electrons. The molecule has 1 aliphatic heterocycles. The fraction of sp³-hybridized carbons (Fsp3) is 0.478. The van der Waals surface area contributed by atoms with Crippen molar-refractivity contribution < 1.29 is 23.8 Å². The molecular weight excluding hydrogens is 406 g/mol. The molecule has 0 saturated heterocycles. The van der Waals surface area contributed by atoms with Gasteiger partial charge in [0.15, 0.2) is 0 Å². The molecule has 3 rings (SSSR count). The fourth-order valence-electron chi connectivity index (χ4n) is 4.08. The SMILES string of the molecule is CCOC(=O)C1=CN(C2CCCC2)C=C(C(=O)OCC)C1c1ccc(OC)c(Cl)c1. The van der Waals surface area contributed by atoms with E-state index in [0.29, 0.717) is 27.5 Å². The van der Waals surface area contributed by atoms with Crippen LogP contribution in [0.25, 0.3) is 0 Å². The van der Waals surface area contributed by atoms with E-state index in [1.54, 1.807) is 32.0 Å². The topological polar surface area (TPSA) is 65.1 Å². The van der Waals surface area contributed by atoms with Crippen LogP contribution in [-0.4, -0.2) is 43.2 Å². The van der Waals surface area contributed by atoms with E-state index in [4.69, 9.17) is 25.8 Å². The summed E-state index contributed by atoms with van der Waals surface area (Å²) in [4.78, 5) is 27.8. The van der Waals surface area contributed by atoms with Crippen molar-refractivity contribution in [3.05, 3.63) is 52.3 Å². The highest BCUT2D eigenvalue weighted by Crippen LogP contribution is 2.41. The molecule has 1 fully saturated rings. The normalized spacial score (nSPS) is 17.4. The zero-order valence-electron chi connectivity index (χ0n) is 17.7. The van der Waals surface area contributed by atoms with Gasteiger partial charge in [-0.2, -0.15) is 0 Å². The lowest BCUT2D eigenvalue weighted by Gasteiger charge is -2.33. The maximum Gasteiger partial charge on any atom is 0.336 e. The molecule has 0 unspecified atom stereocenters. The van der Waals surface area contributed by atoms with E-state index >= 15 is 0 Å². The Morgan fingerprint density at radius 2 is 1.60 bits per heavy atom. The molecule has 1 aliphatic carbocycles. The van der Waals surface area contributed by atoms with E-state index in [0.717, 1.165) is 25.7 Å². The van der Waals surface area contributed by atoms with E-state index in [1.807, 2.05) is 17.3 Å². The van der Waals surface area contributed by atoms with Gasteiger partial charge in [-0.05, 0) is 44.4 Å². The number of ether oxygens (including phenoxy) is 3. The molecule has 0 aromatic heterocycles. The number of halogens is 1. The molecule has 0 radical (unpaired) electrons. The quantitative estimate of drug-likeness (QED) is 0.586. The third-order valence-electron chi connectivity index (χ3n) is 5.48. The lowest BCUT2D eigenvalue weighted by atomic mass is 9.83. The van der Waals surface area contributed by atoms with Crippen LogP contribution < -0.4 is 4.74 Å². The molecule has 2 aliphatic rings. The molecule has 1 heterocycles. The van der Waals surface area contributed by atoms with Gasteiger partial charge in [-0.15, -0.1) is 0 Å². The van der Waals surface area contributed by atoms with Gasteiger partial charge in [0.05, 0.1) is 42.4 Å². The molecule has 0 amide bonds. The Labute approximate surface area is 182 Å². The second-order valence-electron chi connectivity index (χ2n) is 7.32. The van der Waals surface area contributed by atoms with Crippen LogP contribution in [0.15, 0.2) is 41.7 Å². The number of benzene rings is 1. The molecular formula is C23H28ClNO5. The Morgan fingerprint density at radius 3 is 2.07 bits per heavy atom. The number of esters is 2. The van der Waals surface area contributed by atoms with Gasteiger partial charge in [-0.1, -0.05) is 30.5 Å². The van der Waals surface area contributed by atoms with Crippen molar-refractivity contribution >= 4 is 23.5 Å². The number of rotatable bonds is 7. The highest BCUT2D eigenvalue weighted by Gasteiger charge is 2.37. The predicted molar refractivity (Wildman–Crippen MR) is 114 cm³/mol. The molecule has 30 heavy (non-hydrogen) atoms. The summed E-state index contributed by atoms with van der Waals surface area (Å²) in [7, 11) is 1.54. The minimum atomic E-state index is -0.635. The van der Waals surface area contributed by atoms with E-state index in [1.165, 1.54) is 7.11 Å². The third-order valence-corrected chi connectivity index (χ3v) is 5.77. The molecule has 1 aromatic rings. The van der Waals surface area contributed by atoms with Gasteiger partial charge >= 0.3 is 11.9 Å². The summed E-state index contributed by atoms with van der Waals surface area (Å²) in [6, 6.07) is 5.50.